The molecular formula is C37H41N3O10. The van der Waals surface area contributed by atoms with E-state index in [-0.39, 0.29) is 38.3 Å². The number of methoxy groups -OCH3 is 2. The van der Waals surface area contributed by atoms with Crippen LogP contribution in [0.2, 0.25) is 0 Å². The predicted octanol–water partition coefficient (Wildman–Crippen LogP) is 2.35. The third-order valence-corrected chi connectivity index (χ3v) is 8.37. The van der Waals surface area contributed by atoms with Crippen molar-refractivity contribution in [3.8, 4) is 11.5 Å². The first-order valence-electron chi connectivity index (χ1n) is 16.1. The molecule has 264 valence electrons. The molecule has 4 aromatic rings. The smallest absolute Gasteiger partial charge is 0.330 e. The van der Waals surface area contributed by atoms with Gasteiger partial charge in [-0.1, -0.05) is 54.6 Å². The molecule has 13 heteroatoms. The Kier molecular flexibility index (Phi) is 12.4. The van der Waals surface area contributed by atoms with Gasteiger partial charge >= 0.3 is 5.69 Å². The van der Waals surface area contributed by atoms with Crippen LogP contribution in [0, 0.1) is 0 Å². The molecule has 0 spiro atoms. The number of H-pyrrole nitrogens is 1. The van der Waals surface area contributed by atoms with Gasteiger partial charge in [0.25, 0.3) is 5.56 Å². The number of nitrogens with zero attached hydrogens (tertiary/aromatic N) is 1. The number of aromatic nitrogens is 2. The highest BCUT2D eigenvalue weighted by atomic mass is 16.5. The van der Waals surface area contributed by atoms with E-state index < -0.39 is 47.8 Å². The maximum absolute atomic E-state index is 12.5. The molecule has 5 rings (SSSR count). The van der Waals surface area contributed by atoms with Crippen molar-refractivity contribution in [2.75, 3.05) is 47.2 Å². The van der Waals surface area contributed by atoms with E-state index in [0.717, 1.165) is 32.8 Å². The van der Waals surface area contributed by atoms with E-state index in [4.69, 9.17) is 23.7 Å². The molecule has 4 N–H and O–H groups in total. The molecule has 1 fully saturated rings. The highest BCUT2D eigenvalue weighted by Crippen LogP contribution is 2.41. The Hall–Kier alpha value is -5.05. The fourth-order valence-corrected chi connectivity index (χ4v) is 5.78. The average molecular weight is 688 g/mol. The largest absolute Gasteiger partial charge is 0.497 e. The topological polar surface area (TPSA) is 171 Å². The lowest BCUT2D eigenvalue weighted by atomic mass is 9.80. The molecule has 1 aliphatic heterocycles. The van der Waals surface area contributed by atoms with E-state index >= 15 is 0 Å². The molecule has 0 saturated carbocycles. The van der Waals surface area contributed by atoms with Crippen LogP contribution in [0.4, 0.5) is 0 Å². The van der Waals surface area contributed by atoms with Crippen molar-refractivity contribution in [1.82, 2.24) is 14.9 Å². The van der Waals surface area contributed by atoms with Gasteiger partial charge in [-0.3, -0.25) is 19.1 Å². The highest BCUT2D eigenvalue weighted by molar-refractivity contribution is 5.91. The summed E-state index contributed by atoms with van der Waals surface area (Å²) >= 11 is 0. The van der Waals surface area contributed by atoms with E-state index in [2.05, 4.69) is 10.3 Å². The maximum Gasteiger partial charge on any atom is 0.330 e. The SMILES string of the molecule is COc1ccc(C(OCCOCCNC(=O)/C=C/c2cn([C@H]3C[C@H](O)[C@@H](CO)O3)c(=O)[nH]c2=O)(c2ccccc2)c2ccc(OC)cc2)cc1. The zero-order valence-corrected chi connectivity index (χ0v) is 27.8. The molecule has 0 radical (unpaired) electrons. The third-order valence-electron chi connectivity index (χ3n) is 8.37. The molecule has 13 nitrogen and oxygen atoms in total. The molecule has 50 heavy (non-hydrogen) atoms. The van der Waals surface area contributed by atoms with Crippen molar-refractivity contribution in [3.05, 3.63) is 134 Å². The first-order valence-corrected chi connectivity index (χ1v) is 16.1. The number of aromatic amines is 1. The van der Waals surface area contributed by atoms with Crippen LogP contribution in [0.25, 0.3) is 6.08 Å². The quantitative estimate of drug-likeness (QED) is 0.0779. The number of carbonyl (C=O) groups is 1. The molecule has 1 saturated heterocycles. The van der Waals surface area contributed by atoms with Crippen molar-refractivity contribution >= 4 is 12.0 Å². The summed E-state index contributed by atoms with van der Waals surface area (Å²) in [5.74, 6) is 0.965. The molecule has 0 bridgehead atoms. The Bertz CT molecular complexity index is 1790. The second-order valence-electron chi connectivity index (χ2n) is 11.5. The second-order valence-corrected chi connectivity index (χ2v) is 11.5. The fourth-order valence-electron chi connectivity index (χ4n) is 5.78. The lowest BCUT2D eigenvalue weighted by Crippen LogP contribution is -2.34. The van der Waals surface area contributed by atoms with Gasteiger partial charge in [-0.25, -0.2) is 4.79 Å². The Morgan fingerprint density at radius 3 is 2.14 bits per heavy atom. The van der Waals surface area contributed by atoms with Crippen molar-refractivity contribution in [1.29, 1.82) is 0 Å². The Morgan fingerprint density at radius 1 is 0.940 bits per heavy atom. The number of rotatable bonds is 16. The number of aliphatic hydroxyl groups excluding tert-OH is 2. The maximum atomic E-state index is 12.5. The average Bonchev–Trinajstić information content (AvgIpc) is 3.53. The van der Waals surface area contributed by atoms with Gasteiger partial charge in [0.2, 0.25) is 5.91 Å². The summed E-state index contributed by atoms with van der Waals surface area (Å²) in [7, 11) is 3.24. The van der Waals surface area contributed by atoms with Crippen LogP contribution in [-0.2, 0) is 24.6 Å². The number of hydrogen-bond acceptors (Lipinski definition) is 10. The zero-order valence-electron chi connectivity index (χ0n) is 27.8. The van der Waals surface area contributed by atoms with Gasteiger partial charge in [-0.05, 0) is 47.0 Å². The Morgan fingerprint density at radius 2 is 1.56 bits per heavy atom. The van der Waals surface area contributed by atoms with Crippen LogP contribution >= 0.6 is 0 Å². The van der Waals surface area contributed by atoms with Gasteiger partial charge in [-0.2, -0.15) is 0 Å². The van der Waals surface area contributed by atoms with Gasteiger partial charge in [-0.15, -0.1) is 0 Å². The third kappa shape index (κ3) is 8.38. The van der Waals surface area contributed by atoms with Crippen molar-refractivity contribution < 1.29 is 38.7 Å². The number of nitrogens with one attached hydrogen (secondary N) is 2. The molecule has 0 aliphatic carbocycles. The second kappa shape index (κ2) is 17.1. The predicted molar refractivity (Wildman–Crippen MR) is 184 cm³/mol. The number of aliphatic hydroxyl groups is 2. The van der Waals surface area contributed by atoms with Crippen LogP contribution in [0.5, 0.6) is 11.5 Å². The van der Waals surface area contributed by atoms with Gasteiger partial charge in [0.1, 0.15) is 29.4 Å². The number of ether oxygens (including phenoxy) is 5. The van der Waals surface area contributed by atoms with Crippen LogP contribution in [0.3, 0.4) is 0 Å². The monoisotopic (exact) mass is 687 g/mol. The molecule has 3 atom stereocenters. The molecule has 1 aromatic heterocycles. The first kappa shape index (κ1) is 36.2. The number of carbonyl (C=O) groups excluding carboxylic acids is 1. The minimum absolute atomic E-state index is 0.0364. The molecule has 3 aromatic carbocycles. The number of benzene rings is 3. The van der Waals surface area contributed by atoms with Crippen molar-refractivity contribution in [2.45, 2.75) is 30.5 Å². The number of amides is 1. The summed E-state index contributed by atoms with van der Waals surface area (Å²) in [6.45, 7) is 0.432. The summed E-state index contributed by atoms with van der Waals surface area (Å²) in [4.78, 5) is 39.3. The van der Waals surface area contributed by atoms with Crippen molar-refractivity contribution in [2.24, 2.45) is 0 Å². The van der Waals surface area contributed by atoms with Crippen LogP contribution < -0.4 is 26.0 Å². The molecular weight excluding hydrogens is 646 g/mol. The molecule has 1 amide bonds. The Labute approximate surface area is 288 Å². The van der Waals surface area contributed by atoms with E-state index in [9.17, 15) is 24.6 Å². The van der Waals surface area contributed by atoms with Gasteiger partial charge in [0, 0.05) is 25.2 Å². The molecule has 2 heterocycles. The van der Waals surface area contributed by atoms with Gasteiger partial charge in [0.05, 0.1) is 52.3 Å². The van der Waals surface area contributed by atoms with E-state index in [0.29, 0.717) is 0 Å². The van der Waals surface area contributed by atoms with Crippen molar-refractivity contribution in [3.63, 3.8) is 0 Å². The summed E-state index contributed by atoms with van der Waals surface area (Å²) < 4.78 is 30.0. The summed E-state index contributed by atoms with van der Waals surface area (Å²) in [6.07, 6.45) is 1.07. The summed E-state index contributed by atoms with van der Waals surface area (Å²) in [5.41, 5.74) is 0.346. The van der Waals surface area contributed by atoms with E-state index in [1.54, 1.807) is 14.2 Å². The molecule has 1 aliphatic rings. The lowest BCUT2D eigenvalue weighted by Gasteiger charge is -2.36. The van der Waals surface area contributed by atoms with Gasteiger partial charge < -0.3 is 39.2 Å². The van der Waals surface area contributed by atoms with Crippen LogP contribution in [-0.4, -0.2) is 85.1 Å². The minimum atomic E-state index is -0.979. The highest BCUT2D eigenvalue weighted by Gasteiger charge is 2.38. The lowest BCUT2D eigenvalue weighted by molar-refractivity contribution is -0.116. The van der Waals surface area contributed by atoms with E-state index in [1.807, 2.05) is 78.9 Å². The minimum Gasteiger partial charge on any atom is -0.497 e. The van der Waals surface area contributed by atoms with E-state index in [1.165, 1.54) is 18.3 Å². The fraction of sp³-hybridized carbons (Fsp3) is 0.324. The van der Waals surface area contributed by atoms with Crippen LogP contribution in [0.15, 0.2) is 101 Å². The zero-order chi connectivity index (χ0) is 35.5. The normalized spacial score (nSPS) is 17.6. The van der Waals surface area contributed by atoms with Gasteiger partial charge in [0.15, 0.2) is 0 Å². The molecule has 0 unspecified atom stereocenters. The first-order chi connectivity index (χ1) is 24.3. The summed E-state index contributed by atoms with van der Waals surface area (Å²) in [6, 6.07) is 25.4. The standard InChI is InChI=1S/C37H41N3O10/c1-46-29-13-9-27(10-14-29)37(26-6-4-3-5-7-26,28-11-15-30(47-2)16-12-28)49-21-20-48-19-18-38-33(43)17-8-25-23-40(36(45)39-35(25)44)34-22-31(42)32(24-41)50-34/h3-17,23,31-32,34,41-42H,18-22,24H2,1-2H3,(H,38,43)(H,39,44,45)/b17-8+/t31-,32+,34+/m0/s1. The number of hydrogen-bond donors (Lipinski definition) is 4. The Balaban J connectivity index is 1.19. The van der Waals surface area contributed by atoms with Crippen LogP contribution in [0.1, 0.15) is 34.9 Å². The summed E-state index contributed by atoms with van der Waals surface area (Å²) in [5, 5.41) is 22.0.